The molecule has 0 saturated carbocycles. The summed E-state index contributed by atoms with van der Waals surface area (Å²) in [5.74, 6) is -0.0817. The number of aromatic hydroxyl groups is 1. The highest BCUT2D eigenvalue weighted by molar-refractivity contribution is 5.62. The molecule has 2 nitrogen and oxygen atoms in total. The summed E-state index contributed by atoms with van der Waals surface area (Å²) in [5.41, 5.74) is 0.710. The second-order valence-electron chi connectivity index (χ2n) is 3.25. The Morgan fingerprint density at radius 1 is 1.36 bits per heavy atom. The molecule has 1 aromatic rings. The number of benzene rings is 1. The van der Waals surface area contributed by atoms with Gasteiger partial charge in [-0.15, -0.1) is 0 Å². The lowest BCUT2D eigenvalue weighted by Crippen LogP contribution is -2.34. The van der Waals surface area contributed by atoms with Gasteiger partial charge in [-0.05, 0) is 12.1 Å². The number of phenols is 1. The molecule has 0 radical (unpaired) electrons. The minimum Gasteiger partial charge on any atom is -0.508 e. The summed E-state index contributed by atoms with van der Waals surface area (Å²) < 4.78 is 36.9. The van der Waals surface area contributed by atoms with Crippen LogP contribution in [0, 0.1) is 0 Å². The Bertz CT molecular complexity index is 362. The third-order valence-electron chi connectivity index (χ3n) is 2.28. The third-order valence-corrected chi connectivity index (χ3v) is 2.28. The van der Waals surface area contributed by atoms with Crippen LogP contribution in [-0.4, -0.2) is 17.3 Å². The first-order valence-electron chi connectivity index (χ1n) is 4.12. The molecule has 14 heavy (non-hydrogen) atoms. The molecule has 76 valence electrons. The first-order chi connectivity index (χ1) is 6.48. The van der Waals surface area contributed by atoms with Crippen molar-refractivity contribution in [1.82, 2.24) is 0 Å². The molecule has 0 spiro atoms. The molecule has 0 saturated heterocycles. The van der Waals surface area contributed by atoms with Gasteiger partial charge in [0.1, 0.15) is 11.8 Å². The van der Waals surface area contributed by atoms with Gasteiger partial charge in [0.25, 0.3) is 0 Å². The van der Waals surface area contributed by atoms with E-state index in [9.17, 15) is 18.3 Å². The van der Waals surface area contributed by atoms with E-state index in [4.69, 9.17) is 0 Å². The Hall–Kier alpha value is -1.39. The quantitative estimate of drug-likeness (QED) is 0.678. The van der Waals surface area contributed by atoms with E-state index in [-0.39, 0.29) is 12.2 Å². The Morgan fingerprint density at radius 3 is 2.64 bits per heavy atom. The van der Waals surface area contributed by atoms with Crippen LogP contribution in [0.1, 0.15) is 5.56 Å². The number of halogens is 3. The molecule has 0 aromatic heterocycles. The predicted molar refractivity (Wildman–Crippen MR) is 45.3 cm³/mol. The van der Waals surface area contributed by atoms with Gasteiger partial charge in [-0.25, -0.2) is 0 Å². The summed E-state index contributed by atoms with van der Waals surface area (Å²) in [4.78, 5) is 0. The number of rotatable bonds is 0. The van der Waals surface area contributed by atoms with E-state index < -0.39 is 12.2 Å². The number of hydrogen-bond acceptors (Lipinski definition) is 2. The molecule has 5 heteroatoms. The number of anilines is 1. The van der Waals surface area contributed by atoms with E-state index in [0.717, 1.165) is 0 Å². The van der Waals surface area contributed by atoms with Crippen LogP contribution >= 0.6 is 0 Å². The lowest BCUT2D eigenvalue weighted by molar-refractivity contribution is -0.140. The second kappa shape index (κ2) is 2.80. The summed E-state index contributed by atoms with van der Waals surface area (Å²) in [7, 11) is 0. The average Bonchev–Trinajstić information content (AvgIpc) is 2.48. The first kappa shape index (κ1) is 9.18. The van der Waals surface area contributed by atoms with Gasteiger partial charge in [-0.1, -0.05) is 6.07 Å². The third kappa shape index (κ3) is 1.38. The predicted octanol–water partition coefficient (Wildman–Crippen LogP) is 2.29. The molecule has 1 aromatic carbocycles. The Labute approximate surface area is 78.4 Å². The molecule has 0 bridgehead atoms. The number of phenolic OH excluding ortho intramolecular Hbond substituents is 1. The summed E-state index contributed by atoms with van der Waals surface area (Å²) in [5, 5.41) is 11.6. The standard InChI is InChI=1S/C9H8F3NO/c10-9(11,12)8-4-5-6(13-8)2-1-3-7(5)14/h1-3,8,13-14H,4H2. The summed E-state index contributed by atoms with van der Waals surface area (Å²) >= 11 is 0. The van der Waals surface area contributed by atoms with Crippen molar-refractivity contribution in [3.63, 3.8) is 0 Å². The van der Waals surface area contributed by atoms with Crippen LogP contribution in [0.4, 0.5) is 18.9 Å². The van der Waals surface area contributed by atoms with Crippen molar-refractivity contribution >= 4 is 5.69 Å². The highest BCUT2D eigenvalue weighted by Gasteiger charge is 2.43. The van der Waals surface area contributed by atoms with Crippen molar-refractivity contribution in [2.75, 3.05) is 5.32 Å². The lowest BCUT2D eigenvalue weighted by Gasteiger charge is -2.14. The molecule has 1 heterocycles. The maximum Gasteiger partial charge on any atom is 0.408 e. The maximum absolute atomic E-state index is 12.3. The monoisotopic (exact) mass is 203 g/mol. The van der Waals surface area contributed by atoms with Crippen LogP contribution < -0.4 is 5.32 Å². The van der Waals surface area contributed by atoms with E-state index in [0.29, 0.717) is 11.3 Å². The summed E-state index contributed by atoms with van der Waals surface area (Å²) in [6.45, 7) is 0. The van der Waals surface area contributed by atoms with E-state index in [1.165, 1.54) is 18.2 Å². The fourth-order valence-electron chi connectivity index (χ4n) is 1.56. The molecule has 1 atom stereocenters. The molecule has 0 aliphatic carbocycles. The van der Waals surface area contributed by atoms with E-state index in [1.54, 1.807) is 0 Å². The fourth-order valence-corrected chi connectivity index (χ4v) is 1.56. The van der Waals surface area contributed by atoms with Gasteiger partial charge in [0, 0.05) is 17.7 Å². The Balaban J connectivity index is 2.31. The lowest BCUT2D eigenvalue weighted by atomic mass is 10.1. The van der Waals surface area contributed by atoms with Crippen LogP contribution in [0.25, 0.3) is 0 Å². The SMILES string of the molecule is Oc1cccc2c1CC(C(F)(F)F)N2. The fraction of sp³-hybridized carbons (Fsp3) is 0.333. The van der Waals surface area contributed by atoms with Gasteiger partial charge in [0.05, 0.1) is 0 Å². The van der Waals surface area contributed by atoms with Crippen molar-refractivity contribution in [3.05, 3.63) is 23.8 Å². The molecule has 0 amide bonds. The Kier molecular flexibility index (Phi) is 1.83. The zero-order valence-electron chi connectivity index (χ0n) is 7.10. The van der Waals surface area contributed by atoms with Crippen LogP contribution in [0.5, 0.6) is 5.75 Å². The van der Waals surface area contributed by atoms with Crippen molar-refractivity contribution in [2.45, 2.75) is 18.6 Å². The topological polar surface area (TPSA) is 32.3 Å². The highest BCUT2D eigenvalue weighted by Crippen LogP contribution is 2.38. The van der Waals surface area contributed by atoms with Gasteiger partial charge >= 0.3 is 6.18 Å². The smallest absolute Gasteiger partial charge is 0.408 e. The van der Waals surface area contributed by atoms with Crippen LogP contribution in [0.15, 0.2) is 18.2 Å². The van der Waals surface area contributed by atoms with Gasteiger partial charge in [0.15, 0.2) is 0 Å². The molecular weight excluding hydrogens is 195 g/mol. The molecule has 2 rings (SSSR count). The van der Waals surface area contributed by atoms with Crippen LogP contribution in [-0.2, 0) is 6.42 Å². The summed E-state index contributed by atoms with van der Waals surface area (Å²) in [6.07, 6.45) is -4.48. The minimum atomic E-state index is -4.27. The van der Waals surface area contributed by atoms with Crippen molar-refractivity contribution < 1.29 is 18.3 Å². The molecule has 1 aliphatic rings. The zero-order chi connectivity index (χ0) is 10.3. The molecule has 0 fully saturated rings. The zero-order valence-corrected chi connectivity index (χ0v) is 7.10. The molecular formula is C9H8F3NO. The van der Waals surface area contributed by atoms with Crippen LogP contribution in [0.3, 0.4) is 0 Å². The Morgan fingerprint density at radius 2 is 2.07 bits per heavy atom. The number of fused-ring (bicyclic) bond motifs is 1. The average molecular weight is 203 g/mol. The number of alkyl halides is 3. The van der Waals surface area contributed by atoms with E-state index in [1.807, 2.05) is 0 Å². The van der Waals surface area contributed by atoms with Crippen LogP contribution in [0.2, 0.25) is 0 Å². The van der Waals surface area contributed by atoms with Gasteiger partial charge in [-0.3, -0.25) is 0 Å². The van der Waals surface area contributed by atoms with Crippen molar-refractivity contribution in [3.8, 4) is 5.75 Å². The van der Waals surface area contributed by atoms with Gasteiger partial charge in [-0.2, -0.15) is 13.2 Å². The molecule has 2 N–H and O–H groups in total. The van der Waals surface area contributed by atoms with Crippen molar-refractivity contribution in [1.29, 1.82) is 0 Å². The van der Waals surface area contributed by atoms with Gasteiger partial charge < -0.3 is 10.4 Å². The number of nitrogens with one attached hydrogen (secondary N) is 1. The highest BCUT2D eigenvalue weighted by atomic mass is 19.4. The number of hydrogen-bond donors (Lipinski definition) is 2. The normalized spacial score (nSPS) is 20.4. The maximum atomic E-state index is 12.3. The minimum absolute atomic E-state index is 0.0817. The molecule has 1 aliphatic heterocycles. The first-order valence-corrected chi connectivity index (χ1v) is 4.12. The second-order valence-corrected chi connectivity index (χ2v) is 3.25. The van der Waals surface area contributed by atoms with E-state index >= 15 is 0 Å². The molecule has 1 unspecified atom stereocenters. The largest absolute Gasteiger partial charge is 0.508 e. The van der Waals surface area contributed by atoms with E-state index in [2.05, 4.69) is 5.32 Å². The summed E-state index contributed by atoms with van der Waals surface area (Å²) in [6, 6.07) is 2.85. The van der Waals surface area contributed by atoms with Gasteiger partial charge in [0.2, 0.25) is 0 Å². The van der Waals surface area contributed by atoms with Crippen molar-refractivity contribution in [2.24, 2.45) is 0 Å².